The second-order valence-corrected chi connectivity index (χ2v) is 8.19. The van der Waals surface area contributed by atoms with E-state index in [1.165, 1.54) is 28.6 Å². The summed E-state index contributed by atoms with van der Waals surface area (Å²) in [6.07, 6.45) is -3.41. The Morgan fingerprint density at radius 3 is 2.38 bits per heavy atom. The lowest BCUT2D eigenvalue weighted by atomic mass is 10.2. The van der Waals surface area contributed by atoms with Crippen molar-refractivity contribution in [2.45, 2.75) is 11.1 Å². The van der Waals surface area contributed by atoms with Crippen LogP contribution in [0, 0.1) is 0 Å². The van der Waals surface area contributed by atoms with Crippen LogP contribution in [0.25, 0.3) is 0 Å². The van der Waals surface area contributed by atoms with Crippen LogP contribution in [0.2, 0.25) is 0 Å². The average Bonchev–Trinajstić information content (AvgIpc) is 2.72. The minimum absolute atomic E-state index is 0.0375. The number of alkyl halides is 3. The topological polar surface area (TPSA) is 79.8 Å². The van der Waals surface area contributed by atoms with E-state index in [9.17, 15) is 26.4 Å². The fourth-order valence-electron chi connectivity index (χ4n) is 3.03. The molecule has 3 rings (SSSR count). The number of rotatable bonds is 4. The highest BCUT2D eigenvalue weighted by Gasteiger charge is 2.34. The molecular formula is C18H18F3N3O4S. The molecule has 7 nitrogen and oxygen atoms in total. The van der Waals surface area contributed by atoms with Crippen LogP contribution in [0.1, 0.15) is 15.9 Å². The number of anilines is 1. The van der Waals surface area contributed by atoms with E-state index in [1.807, 2.05) is 0 Å². The van der Waals surface area contributed by atoms with Crippen molar-refractivity contribution in [2.75, 3.05) is 38.2 Å². The summed E-state index contributed by atoms with van der Waals surface area (Å²) in [6.45, 7) is 0.396. The summed E-state index contributed by atoms with van der Waals surface area (Å²) in [7, 11) is -2.82. The van der Waals surface area contributed by atoms with Crippen LogP contribution < -0.4 is 4.90 Å². The number of sulfonamides is 1. The van der Waals surface area contributed by atoms with Crippen LogP contribution in [0.5, 0.6) is 0 Å². The molecule has 0 saturated carbocycles. The third-order valence-corrected chi connectivity index (χ3v) is 6.50. The van der Waals surface area contributed by atoms with Gasteiger partial charge >= 0.3 is 12.1 Å². The number of benzene rings is 1. The number of carbonyl (C=O) groups excluding carboxylic acids is 1. The number of piperazine rings is 1. The molecule has 156 valence electrons. The van der Waals surface area contributed by atoms with E-state index in [1.54, 1.807) is 4.90 Å². The molecule has 0 amide bonds. The Labute approximate surface area is 165 Å². The van der Waals surface area contributed by atoms with Crippen LogP contribution >= 0.6 is 0 Å². The third kappa shape index (κ3) is 4.35. The van der Waals surface area contributed by atoms with Crippen LogP contribution in [0.4, 0.5) is 19.0 Å². The standard InChI is InChI=1S/C18H18F3N3O4S/c1-28-17(25)14-4-2-3-5-15(14)29(26,27)24-10-8-23(9-11-24)16-12-13(6-7-22-16)18(19,20)21/h2-7,12H,8-11H2,1H3. The van der Waals surface area contributed by atoms with E-state index in [-0.39, 0.29) is 42.5 Å². The number of halogens is 3. The van der Waals surface area contributed by atoms with Crippen molar-refractivity contribution in [2.24, 2.45) is 0 Å². The first-order valence-electron chi connectivity index (χ1n) is 8.60. The monoisotopic (exact) mass is 429 g/mol. The van der Waals surface area contributed by atoms with Gasteiger partial charge in [0.1, 0.15) is 5.82 Å². The summed E-state index contributed by atoms with van der Waals surface area (Å²) in [4.78, 5) is 17.3. The van der Waals surface area contributed by atoms with Crippen LogP contribution in [-0.2, 0) is 20.9 Å². The van der Waals surface area contributed by atoms with Crippen LogP contribution in [0.15, 0.2) is 47.5 Å². The van der Waals surface area contributed by atoms with Gasteiger partial charge in [0.25, 0.3) is 0 Å². The molecule has 1 saturated heterocycles. The lowest BCUT2D eigenvalue weighted by molar-refractivity contribution is -0.137. The summed E-state index contributed by atoms with van der Waals surface area (Å²) in [5.74, 6) is -0.636. The number of pyridine rings is 1. The van der Waals surface area contributed by atoms with Gasteiger partial charge in [-0.25, -0.2) is 18.2 Å². The van der Waals surface area contributed by atoms with Gasteiger partial charge < -0.3 is 9.64 Å². The minimum atomic E-state index is -4.49. The largest absolute Gasteiger partial charge is 0.465 e. The van der Waals surface area contributed by atoms with E-state index in [4.69, 9.17) is 0 Å². The Hall–Kier alpha value is -2.66. The molecule has 29 heavy (non-hydrogen) atoms. The molecule has 2 heterocycles. The van der Waals surface area contributed by atoms with Gasteiger partial charge in [-0.15, -0.1) is 0 Å². The fraction of sp³-hybridized carbons (Fsp3) is 0.333. The molecule has 0 aliphatic carbocycles. The van der Waals surface area contributed by atoms with Crippen molar-refractivity contribution in [3.63, 3.8) is 0 Å². The van der Waals surface area contributed by atoms with Gasteiger partial charge in [0.2, 0.25) is 10.0 Å². The molecule has 11 heteroatoms. The summed E-state index contributed by atoms with van der Waals surface area (Å²) < 4.78 is 70.5. The third-order valence-electron chi connectivity index (χ3n) is 4.55. The average molecular weight is 429 g/mol. The highest BCUT2D eigenvalue weighted by atomic mass is 32.2. The molecular weight excluding hydrogens is 411 g/mol. The molecule has 0 spiro atoms. The molecule has 0 N–H and O–H groups in total. The van der Waals surface area contributed by atoms with Crippen molar-refractivity contribution in [3.05, 3.63) is 53.7 Å². The van der Waals surface area contributed by atoms with Crippen molar-refractivity contribution in [3.8, 4) is 0 Å². The molecule has 1 aliphatic rings. The maximum absolute atomic E-state index is 13.0. The fourth-order valence-corrected chi connectivity index (χ4v) is 4.64. The lowest BCUT2D eigenvalue weighted by Crippen LogP contribution is -2.49. The number of esters is 1. The summed E-state index contributed by atoms with van der Waals surface area (Å²) >= 11 is 0. The highest BCUT2D eigenvalue weighted by molar-refractivity contribution is 7.89. The number of ether oxygens (including phenoxy) is 1. The van der Waals surface area contributed by atoms with Crippen molar-refractivity contribution < 1.29 is 31.1 Å². The van der Waals surface area contributed by atoms with Gasteiger partial charge in [0.15, 0.2) is 0 Å². The van der Waals surface area contributed by atoms with E-state index in [0.717, 1.165) is 25.4 Å². The first-order valence-corrected chi connectivity index (χ1v) is 10.0. The number of methoxy groups -OCH3 is 1. The highest BCUT2D eigenvalue weighted by Crippen LogP contribution is 2.31. The zero-order valence-electron chi connectivity index (χ0n) is 15.4. The molecule has 1 aromatic heterocycles. The van der Waals surface area contributed by atoms with Crippen LogP contribution in [0.3, 0.4) is 0 Å². The van der Waals surface area contributed by atoms with Gasteiger partial charge in [-0.3, -0.25) is 0 Å². The zero-order chi connectivity index (χ0) is 21.2. The normalized spacial score (nSPS) is 15.9. The van der Waals surface area contributed by atoms with Gasteiger partial charge in [-0.1, -0.05) is 12.1 Å². The number of nitrogens with zero attached hydrogens (tertiary/aromatic N) is 3. The minimum Gasteiger partial charge on any atom is -0.465 e. The van der Waals surface area contributed by atoms with E-state index in [0.29, 0.717) is 0 Å². The molecule has 0 unspecified atom stereocenters. The summed E-state index contributed by atoms with van der Waals surface area (Å²) in [5, 5.41) is 0. The van der Waals surface area contributed by atoms with E-state index in [2.05, 4.69) is 9.72 Å². The first-order chi connectivity index (χ1) is 13.6. The predicted molar refractivity (Wildman–Crippen MR) is 98.0 cm³/mol. The Morgan fingerprint density at radius 1 is 1.10 bits per heavy atom. The lowest BCUT2D eigenvalue weighted by Gasteiger charge is -2.35. The molecule has 0 atom stereocenters. The molecule has 2 aromatic rings. The van der Waals surface area contributed by atoms with Crippen molar-refractivity contribution >= 4 is 21.8 Å². The van der Waals surface area contributed by atoms with E-state index >= 15 is 0 Å². The molecule has 0 radical (unpaired) electrons. The molecule has 1 aliphatic heterocycles. The number of hydrogen-bond donors (Lipinski definition) is 0. The van der Waals surface area contributed by atoms with Gasteiger partial charge in [-0.2, -0.15) is 17.5 Å². The quantitative estimate of drug-likeness (QED) is 0.695. The predicted octanol–water partition coefficient (Wildman–Crippen LogP) is 2.40. The van der Waals surface area contributed by atoms with Gasteiger partial charge in [0, 0.05) is 32.4 Å². The summed E-state index contributed by atoms with van der Waals surface area (Å²) in [6, 6.07) is 7.54. The summed E-state index contributed by atoms with van der Waals surface area (Å²) in [5.41, 5.74) is -0.887. The van der Waals surface area contributed by atoms with Crippen molar-refractivity contribution in [1.82, 2.24) is 9.29 Å². The SMILES string of the molecule is COC(=O)c1ccccc1S(=O)(=O)N1CCN(c2cc(C(F)(F)F)ccn2)CC1. The Morgan fingerprint density at radius 2 is 1.76 bits per heavy atom. The molecule has 1 aromatic carbocycles. The first kappa shape index (κ1) is 21.1. The second kappa shape index (κ2) is 7.99. The smallest absolute Gasteiger partial charge is 0.416 e. The second-order valence-electron chi connectivity index (χ2n) is 6.28. The van der Waals surface area contributed by atoms with Gasteiger partial charge in [0.05, 0.1) is 23.1 Å². The van der Waals surface area contributed by atoms with Crippen molar-refractivity contribution in [1.29, 1.82) is 0 Å². The Kier molecular flexibility index (Phi) is 5.80. The van der Waals surface area contributed by atoms with Crippen LogP contribution in [-0.4, -0.2) is 57.0 Å². The van der Waals surface area contributed by atoms with Gasteiger partial charge in [-0.05, 0) is 24.3 Å². The zero-order valence-corrected chi connectivity index (χ0v) is 16.2. The molecule has 1 fully saturated rings. The number of hydrogen-bond acceptors (Lipinski definition) is 6. The number of aromatic nitrogens is 1. The maximum Gasteiger partial charge on any atom is 0.416 e. The molecule has 0 bridgehead atoms. The maximum atomic E-state index is 13.0. The Bertz CT molecular complexity index is 1000. The van der Waals surface area contributed by atoms with E-state index < -0.39 is 27.7 Å². The number of carbonyl (C=O) groups is 1. The Balaban J connectivity index is 1.79.